The number of nitrogens with one attached hydrogen (secondary N) is 1. The molecule has 3 aromatic rings. The van der Waals surface area contributed by atoms with E-state index in [0.29, 0.717) is 11.9 Å². The predicted octanol–water partition coefficient (Wildman–Crippen LogP) is 4.58. The summed E-state index contributed by atoms with van der Waals surface area (Å²) in [5, 5.41) is 3.28. The van der Waals surface area contributed by atoms with Crippen molar-refractivity contribution in [1.29, 1.82) is 0 Å². The molecule has 0 unspecified atom stereocenters. The lowest BCUT2D eigenvalue weighted by molar-refractivity contribution is 0.0830. The average molecular weight is 494 g/mol. The van der Waals surface area contributed by atoms with Crippen LogP contribution >= 0.6 is 11.3 Å². The van der Waals surface area contributed by atoms with E-state index in [-0.39, 0.29) is 5.91 Å². The van der Waals surface area contributed by atoms with E-state index in [1.165, 1.54) is 24.2 Å². The van der Waals surface area contributed by atoms with Gasteiger partial charge in [0.15, 0.2) is 0 Å². The monoisotopic (exact) mass is 493 g/mol. The van der Waals surface area contributed by atoms with Crippen molar-refractivity contribution in [3.63, 3.8) is 0 Å². The lowest BCUT2D eigenvalue weighted by atomic mass is 9.79. The molecule has 0 aromatic carbocycles. The van der Waals surface area contributed by atoms with Crippen molar-refractivity contribution >= 4 is 44.9 Å². The molecule has 0 atom stereocenters. The second-order valence-electron chi connectivity index (χ2n) is 10.2. The van der Waals surface area contributed by atoms with E-state index in [1.807, 2.05) is 32.6 Å². The van der Waals surface area contributed by atoms with Crippen LogP contribution in [0, 0.1) is 5.92 Å². The highest BCUT2D eigenvalue weighted by Crippen LogP contribution is 2.43. The molecule has 9 heteroatoms. The van der Waals surface area contributed by atoms with Crippen molar-refractivity contribution in [2.45, 2.75) is 38.5 Å². The number of carbonyl (C=O) groups is 1. The lowest BCUT2D eigenvalue weighted by Gasteiger charge is -2.33. The number of amides is 1. The molecule has 8 nitrogen and oxygen atoms in total. The molecule has 1 aliphatic heterocycles. The fourth-order valence-corrected chi connectivity index (χ4v) is 6.31. The van der Waals surface area contributed by atoms with Crippen LogP contribution < -0.4 is 10.2 Å². The molecule has 4 heterocycles. The van der Waals surface area contributed by atoms with Crippen molar-refractivity contribution in [2.24, 2.45) is 5.92 Å². The average Bonchev–Trinajstić information content (AvgIpc) is 3.24. The van der Waals surface area contributed by atoms with E-state index in [2.05, 4.69) is 45.1 Å². The maximum absolute atomic E-state index is 13.1. The number of nitrogens with zero attached hydrogens (tertiary/aromatic N) is 6. The molecule has 2 aliphatic rings. The summed E-state index contributed by atoms with van der Waals surface area (Å²) in [5.74, 6) is 2.40. The van der Waals surface area contributed by atoms with Gasteiger partial charge in [-0.25, -0.2) is 15.0 Å². The van der Waals surface area contributed by atoms with E-state index in [9.17, 15) is 4.79 Å². The number of aromatic nitrogens is 3. The van der Waals surface area contributed by atoms with Gasteiger partial charge in [0.25, 0.3) is 5.91 Å². The van der Waals surface area contributed by atoms with E-state index < -0.39 is 0 Å². The molecule has 3 aromatic heterocycles. The number of anilines is 3. The molecule has 1 N–H and O–H groups in total. The van der Waals surface area contributed by atoms with Gasteiger partial charge < -0.3 is 20.0 Å². The minimum Gasteiger partial charge on any atom is -0.368 e. The van der Waals surface area contributed by atoms with Crippen molar-refractivity contribution < 1.29 is 4.79 Å². The van der Waals surface area contributed by atoms with Gasteiger partial charge in [0.2, 0.25) is 5.95 Å². The van der Waals surface area contributed by atoms with E-state index in [1.54, 1.807) is 4.90 Å². The minimum atomic E-state index is 0.0530. The zero-order valence-corrected chi connectivity index (χ0v) is 21.9. The van der Waals surface area contributed by atoms with Crippen molar-refractivity contribution in [3.8, 4) is 0 Å². The Morgan fingerprint density at radius 3 is 2.46 bits per heavy atom. The number of carbonyl (C=O) groups excluding carboxylic acids is 1. The van der Waals surface area contributed by atoms with Gasteiger partial charge in [-0.2, -0.15) is 0 Å². The molecule has 0 radical (unpaired) electrons. The van der Waals surface area contributed by atoms with E-state index in [0.717, 1.165) is 77.1 Å². The maximum atomic E-state index is 13.1. The van der Waals surface area contributed by atoms with Crippen molar-refractivity contribution in [3.05, 3.63) is 35.0 Å². The molecule has 2 fully saturated rings. The Balaban J connectivity index is 1.41. The van der Waals surface area contributed by atoms with Gasteiger partial charge >= 0.3 is 0 Å². The van der Waals surface area contributed by atoms with Crippen LogP contribution in [-0.4, -0.2) is 78.0 Å². The molecular weight excluding hydrogens is 458 g/mol. The van der Waals surface area contributed by atoms with Crippen LogP contribution in [0.2, 0.25) is 0 Å². The first-order chi connectivity index (χ1) is 16.9. The van der Waals surface area contributed by atoms with Gasteiger partial charge in [-0.3, -0.25) is 4.79 Å². The molecule has 0 bridgehead atoms. The smallest absolute Gasteiger partial charge is 0.263 e. The summed E-state index contributed by atoms with van der Waals surface area (Å²) >= 11 is 1.52. The molecule has 1 amide bonds. The Bertz CT molecular complexity index is 1180. The summed E-state index contributed by atoms with van der Waals surface area (Å²) in [5.41, 5.74) is 3.16. The van der Waals surface area contributed by atoms with Gasteiger partial charge in [-0.15, -0.1) is 11.3 Å². The number of piperazine rings is 1. The number of likely N-dealkylation sites (N-methyl/N-ethyl adjacent to an activating group) is 1. The Labute approximate surface area is 211 Å². The third-order valence-corrected chi connectivity index (χ3v) is 8.46. The third kappa shape index (κ3) is 5.11. The normalized spacial score (nSPS) is 21.3. The largest absolute Gasteiger partial charge is 0.368 e. The van der Waals surface area contributed by atoms with Crippen LogP contribution in [0.3, 0.4) is 0 Å². The highest BCUT2D eigenvalue weighted by atomic mass is 32.1. The zero-order chi connectivity index (χ0) is 24.5. The Kier molecular flexibility index (Phi) is 6.88. The highest BCUT2D eigenvalue weighted by molar-refractivity contribution is 7.21. The lowest BCUT2D eigenvalue weighted by Crippen LogP contribution is -2.44. The maximum Gasteiger partial charge on any atom is 0.263 e. The Morgan fingerprint density at radius 1 is 1.06 bits per heavy atom. The molecule has 1 saturated heterocycles. The summed E-state index contributed by atoms with van der Waals surface area (Å²) in [6, 6.07) is 4.09. The molecule has 186 valence electrons. The van der Waals surface area contributed by atoms with Crippen LogP contribution in [-0.2, 0) is 0 Å². The van der Waals surface area contributed by atoms with Crippen LogP contribution in [0.4, 0.5) is 17.5 Å². The molecule has 0 spiro atoms. The summed E-state index contributed by atoms with van der Waals surface area (Å²) in [6.07, 6.45) is 8.34. The first-order valence-corrected chi connectivity index (χ1v) is 13.4. The summed E-state index contributed by atoms with van der Waals surface area (Å²) in [6.45, 7) is 6.48. The van der Waals surface area contributed by atoms with Crippen molar-refractivity contribution in [2.75, 3.05) is 57.5 Å². The minimum absolute atomic E-state index is 0.0530. The summed E-state index contributed by atoms with van der Waals surface area (Å²) < 4.78 is 0.966. The molecular formula is C26H35N7OS. The van der Waals surface area contributed by atoms with Crippen LogP contribution in [0.25, 0.3) is 10.2 Å². The molecule has 1 aliphatic carbocycles. The number of rotatable bonds is 5. The number of thiophene rings is 1. The van der Waals surface area contributed by atoms with Gasteiger partial charge in [-0.05, 0) is 43.9 Å². The van der Waals surface area contributed by atoms with E-state index in [4.69, 9.17) is 4.98 Å². The van der Waals surface area contributed by atoms with E-state index >= 15 is 0 Å². The number of fused-ring (bicyclic) bond motifs is 1. The predicted molar refractivity (Wildman–Crippen MR) is 143 cm³/mol. The van der Waals surface area contributed by atoms with Gasteiger partial charge in [0, 0.05) is 45.8 Å². The van der Waals surface area contributed by atoms with Gasteiger partial charge in [0.05, 0.1) is 33.2 Å². The van der Waals surface area contributed by atoms with Crippen LogP contribution in [0.5, 0.6) is 0 Å². The van der Waals surface area contributed by atoms with Crippen LogP contribution in [0.15, 0.2) is 24.5 Å². The second-order valence-corrected chi connectivity index (χ2v) is 11.3. The first kappa shape index (κ1) is 23.9. The quantitative estimate of drug-likeness (QED) is 0.558. The van der Waals surface area contributed by atoms with Gasteiger partial charge in [-0.1, -0.05) is 19.8 Å². The fourth-order valence-electron chi connectivity index (χ4n) is 5.09. The zero-order valence-electron chi connectivity index (χ0n) is 21.1. The number of hydrogen-bond donors (Lipinski definition) is 1. The second kappa shape index (κ2) is 10.1. The summed E-state index contributed by atoms with van der Waals surface area (Å²) in [7, 11) is 5.79. The van der Waals surface area contributed by atoms with Crippen LogP contribution in [0.1, 0.15) is 53.8 Å². The topological polar surface area (TPSA) is 77.5 Å². The summed E-state index contributed by atoms with van der Waals surface area (Å²) in [4.78, 5) is 34.3. The highest BCUT2D eigenvalue weighted by Gasteiger charge is 2.30. The molecule has 35 heavy (non-hydrogen) atoms. The standard InChI is InChI=1S/C26H35N7OS/c1-17-5-7-18(8-6-17)22-23-20(35-24(22)25(34)31(2)3)16-28-26(30-23)29-21-10-9-19(15-27-21)33-13-11-32(4)12-14-33/h9-10,15-18H,5-8,11-14H2,1-4H3,(H,27,28,29,30)/t17-,18-. The van der Waals surface area contributed by atoms with Gasteiger partial charge in [0.1, 0.15) is 5.82 Å². The van der Waals surface area contributed by atoms with Crippen molar-refractivity contribution in [1.82, 2.24) is 24.8 Å². The Hall–Kier alpha value is -2.78. The number of pyridine rings is 1. The fraction of sp³-hybridized carbons (Fsp3) is 0.538. The molecule has 1 saturated carbocycles. The Morgan fingerprint density at radius 2 is 1.80 bits per heavy atom. The third-order valence-electron chi connectivity index (χ3n) is 7.35. The SMILES string of the molecule is CN1CCN(c2ccc(Nc3ncc4sc(C(=O)N(C)C)c([C@H]5CC[C@H](C)CC5)c4n3)nc2)CC1. The number of hydrogen-bond acceptors (Lipinski definition) is 8. The first-order valence-electron chi connectivity index (χ1n) is 12.6. The molecule has 5 rings (SSSR count).